The predicted octanol–water partition coefficient (Wildman–Crippen LogP) is 1.23. The summed E-state index contributed by atoms with van der Waals surface area (Å²) in [7, 11) is -2.39. The molecule has 1 aromatic rings. The number of nitrogens with one attached hydrogen (secondary N) is 3. The second kappa shape index (κ2) is 7.85. The van der Waals surface area contributed by atoms with E-state index in [-0.39, 0.29) is 24.3 Å². The number of carbonyl (C=O) groups excluding carboxylic acids is 1. The molecule has 8 heteroatoms. The van der Waals surface area contributed by atoms with E-state index in [4.69, 9.17) is 0 Å². The Labute approximate surface area is 136 Å². The molecule has 3 N–H and O–H groups in total. The fraction of sp³-hybridized carbons (Fsp3) is 0.533. The zero-order chi connectivity index (χ0) is 16.9. The number of hydrogen-bond donors (Lipinski definition) is 3. The average molecular weight is 343 g/mol. The van der Waals surface area contributed by atoms with Crippen LogP contribution in [-0.2, 0) is 15.0 Å². The lowest BCUT2D eigenvalue weighted by Crippen LogP contribution is -2.43. The van der Waals surface area contributed by atoms with Crippen LogP contribution in [0, 0.1) is 11.7 Å². The second-order valence-electron chi connectivity index (χ2n) is 5.67. The van der Waals surface area contributed by atoms with Gasteiger partial charge >= 0.3 is 0 Å². The van der Waals surface area contributed by atoms with Crippen LogP contribution in [0.1, 0.15) is 37.3 Å². The zero-order valence-electron chi connectivity index (χ0n) is 13.0. The van der Waals surface area contributed by atoms with Crippen molar-refractivity contribution in [2.45, 2.75) is 31.7 Å². The highest BCUT2D eigenvalue weighted by Crippen LogP contribution is 2.35. The molecule has 6 nitrogen and oxygen atoms in total. The first-order valence-electron chi connectivity index (χ1n) is 7.64. The van der Waals surface area contributed by atoms with Gasteiger partial charge in [-0.15, -0.1) is 0 Å². The summed E-state index contributed by atoms with van der Waals surface area (Å²) in [5, 5.41) is 2.88. The van der Waals surface area contributed by atoms with Crippen LogP contribution in [0.4, 0.5) is 4.39 Å². The van der Waals surface area contributed by atoms with Crippen LogP contribution in [0.2, 0.25) is 0 Å². The van der Waals surface area contributed by atoms with Gasteiger partial charge in [-0.05, 0) is 36.5 Å². The van der Waals surface area contributed by atoms with Gasteiger partial charge in [-0.2, -0.15) is 13.1 Å². The maximum atomic E-state index is 13.1. The molecule has 128 valence electrons. The van der Waals surface area contributed by atoms with Crippen molar-refractivity contribution in [2.24, 2.45) is 5.92 Å². The second-order valence-corrected chi connectivity index (χ2v) is 7.37. The van der Waals surface area contributed by atoms with Crippen molar-refractivity contribution >= 4 is 16.1 Å². The number of halogens is 1. The van der Waals surface area contributed by atoms with Gasteiger partial charge in [0.2, 0.25) is 5.91 Å². The average Bonchev–Trinajstić information content (AvgIpc) is 3.06. The Morgan fingerprint density at radius 2 is 1.87 bits per heavy atom. The highest BCUT2D eigenvalue weighted by atomic mass is 32.2. The van der Waals surface area contributed by atoms with Gasteiger partial charge in [0.05, 0.1) is 12.6 Å². The summed E-state index contributed by atoms with van der Waals surface area (Å²) in [6, 6.07) is 5.83. The fourth-order valence-electron chi connectivity index (χ4n) is 2.89. The van der Waals surface area contributed by atoms with Gasteiger partial charge in [-0.3, -0.25) is 4.79 Å². The molecule has 0 bridgehead atoms. The largest absolute Gasteiger partial charge is 0.348 e. The van der Waals surface area contributed by atoms with Gasteiger partial charge in [-0.1, -0.05) is 25.0 Å². The molecule has 2 rings (SSSR count). The molecule has 1 aliphatic rings. The number of benzene rings is 1. The van der Waals surface area contributed by atoms with E-state index >= 15 is 0 Å². The highest BCUT2D eigenvalue weighted by Gasteiger charge is 2.28. The van der Waals surface area contributed by atoms with Crippen LogP contribution >= 0.6 is 0 Å². The first kappa shape index (κ1) is 17.8. The number of amides is 1. The Morgan fingerprint density at radius 3 is 2.43 bits per heavy atom. The van der Waals surface area contributed by atoms with Gasteiger partial charge in [0.15, 0.2) is 0 Å². The minimum Gasteiger partial charge on any atom is -0.348 e. The molecule has 1 unspecified atom stereocenters. The van der Waals surface area contributed by atoms with Gasteiger partial charge in [0.1, 0.15) is 5.82 Å². The van der Waals surface area contributed by atoms with Crippen molar-refractivity contribution in [2.75, 3.05) is 13.6 Å². The molecule has 0 aliphatic heterocycles. The van der Waals surface area contributed by atoms with Crippen molar-refractivity contribution in [3.05, 3.63) is 35.6 Å². The van der Waals surface area contributed by atoms with E-state index in [2.05, 4.69) is 14.8 Å². The quantitative estimate of drug-likeness (QED) is 0.696. The van der Waals surface area contributed by atoms with Crippen LogP contribution in [0.25, 0.3) is 0 Å². The van der Waals surface area contributed by atoms with Crippen LogP contribution < -0.4 is 14.8 Å². The summed E-state index contributed by atoms with van der Waals surface area (Å²) in [4.78, 5) is 12.1. The predicted molar refractivity (Wildman–Crippen MR) is 85.2 cm³/mol. The molecule has 1 fully saturated rings. The smallest absolute Gasteiger partial charge is 0.277 e. The summed E-state index contributed by atoms with van der Waals surface area (Å²) in [5.74, 6) is -0.456. The molecule has 1 amide bonds. The van der Waals surface area contributed by atoms with Crippen molar-refractivity contribution in [3.8, 4) is 0 Å². The van der Waals surface area contributed by atoms with Crippen LogP contribution in [-0.4, -0.2) is 27.9 Å². The van der Waals surface area contributed by atoms with E-state index in [9.17, 15) is 17.6 Å². The Balaban J connectivity index is 2.05. The molecule has 1 aliphatic carbocycles. The van der Waals surface area contributed by atoms with E-state index in [1.54, 1.807) is 12.1 Å². The Kier molecular flexibility index (Phi) is 6.09. The van der Waals surface area contributed by atoms with E-state index < -0.39 is 16.1 Å². The SMILES string of the molecule is CNS(=O)(=O)NCC(=O)NC(c1ccc(F)cc1)C1CCCC1. The highest BCUT2D eigenvalue weighted by molar-refractivity contribution is 7.87. The molecule has 23 heavy (non-hydrogen) atoms. The third-order valence-electron chi connectivity index (χ3n) is 4.11. The van der Waals surface area contributed by atoms with Crippen LogP contribution in [0.15, 0.2) is 24.3 Å². The Bertz CT molecular complexity index is 628. The standard InChI is InChI=1S/C15H22FN3O3S/c1-17-23(21,22)18-10-14(20)19-15(11-4-2-3-5-11)12-6-8-13(16)9-7-12/h6-9,11,15,17-18H,2-5,10H2,1H3,(H,19,20). The molecule has 0 radical (unpaired) electrons. The van der Waals surface area contributed by atoms with Gasteiger partial charge in [0, 0.05) is 7.05 Å². The summed E-state index contributed by atoms with van der Waals surface area (Å²) in [6.07, 6.45) is 4.18. The summed E-state index contributed by atoms with van der Waals surface area (Å²) < 4.78 is 40.0. The van der Waals surface area contributed by atoms with Crippen LogP contribution in [0.3, 0.4) is 0 Å². The van der Waals surface area contributed by atoms with Crippen LogP contribution in [0.5, 0.6) is 0 Å². The summed E-state index contributed by atoms with van der Waals surface area (Å²) >= 11 is 0. The molecule has 1 saturated carbocycles. The summed E-state index contributed by atoms with van der Waals surface area (Å²) in [5.41, 5.74) is 0.836. The molecule has 0 saturated heterocycles. The number of carbonyl (C=O) groups is 1. The topological polar surface area (TPSA) is 87.3 Å². The molecule has 0 aromatic heterocycles. The molecule has 1 aromatic carbocycles. The van der Waals surface area contributed by atoms with E-state index in [0.717, 1.165) is 31.2 Å². The number of rotatable bonds is 7. The van der Waals surface area contributed by atoms with Gasteiger partial charge in [-0.25, -0.2) is 9.11 Å². The van der Waals surface area contributed by atoms with Gasteiger partial charge < -0.3 is 5.32 Å². The van der Waals surface area contributed by atoms with Crippen molar-refractivity contribution in [3.63, 3.8) is 0 Å². The first-order chi connectivity index (χ1) is 10.9. The minimum absolute atomic E-state index is 0.232. The first-order valence-corrected chi connectivity index (χ1v) is 9.12. The fourth-order valence-corrected chi connectivity index (χ4v) is 3.36. The normalized spacial score (nSPS) is 17.1. The Hall–Kier alpha value is -1.51. The molecular formula is C15H22FN3O3S. The minimum atomic E-state index is -3.65. The van der Waals surface area contributed by atoms with E-state index in [1.807, 2.05) is 0 Å². The zero-order valence-corrected chi connectivity index (χ0v) is 13.8. The Morgan fingerprint density at radius 1 is 1.26 bits per heavy atom. The van der Waals surface area contributed by atoms with Gasteiger partial charge in [0.25, 0.3) is 10.2 Å². The van der Waals surface area contributed by atoms with Crippen molar-refractivity contribution < 1.29 is 17.6 Å². The maximum Gasteiger partial charge on any atom is 0.277 e. The molecule has 1 atom stereocenters. The molecule has 0 heterocycles. The summed E-state index contributed by atoms with van der Waals surface area (Å²) in [6.45, 7) is -0.340. The maximum absolute atomic E-state index is 13.1. The van der Waals surface area contributed by atoms with Crippen molar-refractivity contribution in [1.29, 1.82) is 0 Å². The lowest BCUT2D eigenvalue weighted by Gasteiger charge is -2.25. The molecular weight excluding hydrogens is 321 g/mol. The van der Waals surface area contributed by atoms with E-state index in [1.165, 1.54) is 19.2 Å². The third kappa shape index (κ3) is 5.26. The lowest BCUT2D eigenvalue weighted by atomic mass is 9.91. The lowest BCUT2D eigenvalue weighted by molar-refractivity contribution is -0.121. The van der Waals surface area contributed by atoms with Crippen molar-refractivity contribution in [1.82, 2.24) is 14.8 Å². The monoisotopic (exact) mass is 343 g/mol. The molecule has 0 spiro atoms. The third-order valence-corrected chi connectivity index (χ3v) is 5.17. The van der Waals surface area contributed by atoms with E-state index in [0.29, 0.717) is 0 Å². The number of hydrogen-bond acceptors (Lipinski definition) is 3.